The molecule has 3 aromatic rings. The third-order valence-corrected chi connectivity index (χ3v) is 6.48. The molecule has 8 nitrogen and oxygen atoms in total. The predicted molar refractivity (Wildman–Crippen MR) is 136 cm³/mol. The smallest absolute Gasteiger partial charge is 0.287 e. The molecular formula is C28H32N4O4. The van der Waals surface area contributed by atoms with E-state index in [2.05, 4.69) is 15.6 Å². The van der Waals surface area contributed by atoms with Crippen LogP contribution in [0, 0.1) is 13.8 Å². The van der Waals surface area contributed by atoms with Gasteiger partial charge >= 0.3 is 0 Å². The average molecular weight is 489 g/mol. The molecule has 3 amide bonds. The van der Waals surface area contributed by atoms with Crippen LogP contribution in [0.2, 0.25) is 0 Å². The van der Waals surface area contributed by atoms with Crippen LogP contribution < -0.4 is 15.5 Å². The molecular weight excluding hydrogens is 456 g/mol. The van der Waals surface area contributed by atoms with Gasteiger partial charge in [0.15, 0.2) is 5.76 Å². The van der Waals surface area contributed by atoms with Gasteiger partial charge in [-0.2, -0.15) is 0 Å². The van der Waals surface area contributed by atoms with E-state index >= 15 is 0 Å². The van der Waals surface area contributed by atoms with Crippen molar-refractivity contribution in [1.29, 1.82) is 0 Å². The third kappa shape index (κ3) is 6.00. The van der Waals surface area contributed by atoms with Crippen LogP contribution in [0.5, 0.6) is 0 Å². The lowest BCUT2D eigenvalue weighted by atomic mass is 9.94. The molecule has 1 saturated carbocycles. The Bertz CT molecular complexity index is 1190. The summed E-state index contributed by atoms with van der Waals surface area (Å²) >= 11 is 0. The molecule has 0 saturated heterocycles. The second-order valence-electron chi connectivity index (χ2n) is 9.25. The summed E-state index contributed by atoms with van der Waals surface area (Å²) in [5.74, 6) is -1.08. The average Bonchev–Trinajstić information content (AvgIpc) is 3.42. The summed E-state index contributed by atoms with van der Waals surface area (Å²) in [7, 11) is 0. The number of nitrogens with zero attached hydrogens (tertiary/aromatic N) is 2. The zero-order valence-corrected chi connectivity index (χ0v) is 20.7. The normalized spacial score (nSPS) is 14.6. The van der Waals surface area contributed by atoms with Crippen molar-refractivity contribution in [1.82, 2.24) is 15.6 Å². The van der Waals surface area contributed by atoms with E-state index in [1.807, 2.05) is 32.0 Å². The van der Waals surface area contributed by atoms with Gasteiger partial charge in [-0.15, -0.1) is 0 Å². The van der Waals surface area contributed by atoms with E-state index in [9.17, 15) is 14.4 Å². The number of anilines is 1. The van der Waals surface area contributed by atoms with Crippen molar-refractivity contribution in [2.24, 2.45) is 0 Å². The summed E-state index contributed by atoms with van der Waals surface area (Å²) in [6.45, 7) is 3.57. The minimum Gasteiger partial charge on any atom is -0.459 e. The number of nitrogens with one attached hydrogen (secondary N) is 2. The Morgan fingerprint density at radius 3 is 2.56 bits per heavy atom. The molecule has 0 bridgehead atoms. The molecule has 0 unspecified atom stereocenters. The van der Waals surface area contributed by atoms with Crippen molar-refractivity contribution in [3.05, 3.63) is 83.6 Å². The van der Waals surface area contributed by atoms with Crippen LogP contribution in [0.25, 0.3) is 0 Å². The Labute approximate surface area is 211 Å². The van der Waals surface area contributed by atoms with Crippen LogP contribution in [-0.2, 0) is 9.59 Å². The van der Waals surface area contributed by atoms with Crippen molar-refractivity contribution in [3.63, 3.8) is 0 Å². The number of pyridine rings is 1. The lowest BCUT2D eigenvalue weighted by Gasteiger charge is -2.34. The fourth-order valence-electron chi connectivity index (χ4n) is 4.71. The Morgan fingerprint density at radius 1 is 1.08 bits per heavy atom. The number of carbonyl (C=O) groups excluding carboxylic acids is 3. The zero-order valence-electron chi connectivity index (χ0n) is 20.7. The fourth-order valence-corrected chi connectivity index (χ4v) is 4.71. The number of aromatic nitrogens is 1. The van der Waals surface area contributed by atoms with Gasteiger partial charge in [0.1, 0.15) is 6.04 Å². The summed E-state index contributed by atoms with van der Waals surface area (Å²) in [5, 5.41) is 5.80. The second-order valence-corrected chi connectivity index (χ2v) is 9.25. The van der Waals surface area contributed by atoms with Gasteiger partial charge in [-0.1, -0.05) is 43.0 Å². The third-order valence-electron chi connectivity index (χ3n) is 6.48. The van der Waals surface area contributed by atoms with E-state index in [1.54, 1.807) is 30.6 Å². The maximum absolute atomic E-state index is 13.8. The fraction of sp³-hybridized carbons (Fsp3) is 0.357. The maximum atomic E-state index is 13.8. The molecule has 0 radical (unpaired) electrons. The topological polar surface area (TPSA) is 105 Å². The molecule has 188 valence electrons. The predicted octanol–water partition coefficient (Wildman–Crippen LogP) is 4.24. The number of benzene rings is 1. The quantitative estimate of drug-likeness (QED) is 0.493. The van der Waals surface area contributed by atoms with Crippen LogP contribution in [0.15, 0.2) is 65.5 Å². The molecule has 2 N–H and O–H groups in total. The highest BCUT2D eigenvalue weighted by Gasteiger charge is 2.35. The van der Waals surface area contributed by atoms with Gasteiger partial charge in [0, 0.05) is 29.7 Å². The number of hydrogen-bond donors (Lipinski definition) is 2. The van der Waals surface area contributed by atoms with Gasteiger partial charge in [-0.25, -0.2) is 0 Å². The minimum absolute atomic E-state index is 0.0696. The van der Waals surface area contributed by atoms with Gasteiger partial charge in [-0.3, -0.25) is 24.3 Å². The minimum atomic E-state index is -0.949. The number of rotatable bonds is 8. The Balaban J connectivity index is 1.69. The standard InChI is InChI=1S/C28H32N4O4/c1-19-12-13-23(20(2)16-19)32(25(33)18-30-27(34)24-11-7-15-36-24)26(21-8-6-14-29-17-21)28(35)31-22-9-4-3-5-10-22/h6-8,11-17,22,26H,3-5,9-10,18H2,1-2H3,(H,30,34)(H,31,35)/t26-/m1/s1. The number of carbonyl (C=O) groups is 3. The van der Waals surface area contributed by atoms with Crippen molar-refractivity contribution >= 4 is 23.4 Å². The zero-order chi connectivity index (χ0) is 25.5. The molecule has 2 aromatic heterocycles. The van der Waals surface area contributed by atoms with Gasteiger partial charge in [0.2, 0.25) is 11.8 Å². The van der Waals surface area contributed by atoms with Crippen LogP contribution in [0.3, 0.4) is 0 Å². The summed E-state index contributed by atoms with van der Waals surface area (Å²) in [5.41, 5.74) is 3.08. The number of aryl methyl sites for hydroxylation is 2. The molecule has 0 aliphatic heterocycles. The van der Waals surface area contributed by atoms with E-state index in [0.29, 0.717) is 11.3 Å². The number of hydrogen-bond acceptors (Lipinski definition) is 5. The Kier molecular flexibility index (Phi) is 8.15. The number of furan rings is 1. The van der Waals surface area contributed by atoms with Gasteiger partial charge in [-0.05, 0) is 56.5 Å². The monoisotopic (exact) mass is 488 g/mol. The first-order valence-electron chi connectivity index (χ1n) is 12.4. The molecule has 36 heavy (non-hydrogen) atoms. The highest BCUT2D eigenvalue weighted by molar-refractivity contribution is 6.04. The Hall–Kier alpha value is -3.94. The van der Waals surface area contributed by atoms with Gasteiger partial charge in [0.05, 0.1) is 12.8 Å². The Morgan fingerprint density at radius 2 is 1.89 bits per heavy atom. The van der Waals surface area contributed by atoms with Gasteiger partial charge < -0.3 is 15.1 Å². The number of amides is 3. The van der Waals surface area contributed by atoms with Crippen LogP contribution in [0.4, 0.5) is 5.69 Å². The first kappa shape index (κ1) is 25.2. The van der Waals surface area contributed by atoms with Crippen LogP contribution in [-0.4, -0.2) is 35.3 Å². The van der Waals surface area contributed by atoms with E-state index in [1.165, 1.54) is 23.7 Å². The molecule has 1 aliphatic rings. The highest BCUT2D eigenvalue weighted by Crippen LogP contribution is 2.31. The summed E-state index contributed by atoms with van der Waals surface area (Å²) in [6, 6.07) is 11.5. The molecule has 4 rings (SSSR count). The lowest BCUT2D eigenvalue weighted by Crippen LogP contribution is -2.50. The highest BCUT2D eigenvalue weighted by atomic mass is 16.3. The van der Waals surface area contributed by atoms with E-state index in [4.69, 9.17) is 4.42 Å². The van der Waals surface area contributed by atoms with E-state index < -0.39 is 17.9 Å². The molecule has 1 aliphatic carbocycles. The first-order chi connectivity index (χ1) is 17.4. The van der Waals surface area contributed by atoms with Crippen molar-refractivity contribution in [2.75, 3.05) is 11.4 Å². The first-order valence-corrected chi connectivity index (χ1v) is 12.4. The largest absolute Gasteiger partial charge is 0.459 e. The van der Waals surface area contributed by atoms with E-state index in [0.717, 1.165) is 36.8 Å². The van der Waals surface area contributed by atoms with E-state index in [-0.39, 0.29) is 24.3 Å². The SMILES string of the molecule is Cc1ccc(N(C(=O)CNC(=O)c2ccco2)[C@@H](C(=O)NC2CCCCC2)c2cccnc2)c(C)c1. The van der Waals surface area contributed by atoms with Crippen LogP contribution in [0.1, 0.15) is 65.4 Å². The summed E-state index contributed by atoms with van der Waals surface area (Å²) in [6.07, 6.45) is 9.78. The molecule has 1 aromatic carbocycles. The van der Waals surface area contributed by atoms with Crippen molar-refractivity contribution < 1.29 is 18.8 Å². The second kappa shape index (κ2) is 11.7. The maximum Gasteiger partial charge on any atom is 0.287 e. The molecule has 0 spiro atoms. The van der Waals surface area contributed by atoms with Crippen molar-refractivity contribution in [3.8, 4) is 0 Å². The molecule has 8 heteroatoms. The van der Waals surface area contributed by atoms with Crippen LogP contribution >= 0.6 is 0 Å². The summed E-state index contributed by atoms with van der Waals surface area (Å²) < 4.78 is 5.14. The molecule has 1 fully saturated rings. The summed E-state index contributed by atoms with van der Waals surface area (Å²) in [4.78, 5) is 45.7. The molecule has 1 atom stereocenters. The molecule has 2 heterocycles. The lowest BCUT2D eigenvalue weighted by molar-refractivity contribution is -0.127. The van der Waals surface area contributed by atoms with Crippen molar-refractivity contribution in [2.45, 2.75) is 58.0 Å². The van der Waals surface area contributed by atoms with Gasteiger partial charge in [0.25, 0.3) is 5.91 Å².